The third-order valence-electron chi connectivity index (χ3n) is 2.66. The molecule has 88 valence electrons. The van der Waals surface area contributed by atoms with Crippen LogP contribution in [-0.4, -0.2) is 11.8 Å². The molecule has 0 aromatic heterocycles. The molecule has 1 aromatic carbocycles. The maximum absolute atomic E-state index is 6.26. The molecular weight excluding hydrogens is 238 g/mol. The van der Waals surface area contributed by atoms with E-state index in [-0.39, 0.29) is 0 Å². The van der Waals surface area contributed by atoms with E-state index in [1.54, 1.807) is 0 Å². The van der Waals surface area contributed by atoms with Gasteiger partial charge in [-0.2, -0.15) is 0 Å². The third-order valence-corrected chi connectivity index (χ3v) is 4.21. The standard InChI is InChI=1S/C13H18ClNS/c1-2-7-16-12-6-3-10(13(14)8-12)9-15-11-4-5-11/h3,6,8,11,15H,2,4-5,7,9H2,1H3. The summed E-state index contributed by atoms with van der Waals surface area (Å²) in [6, 6.07) is 7.16. The second kappa shape index (κ2) is 5.95. The summed E-state index contributed by atoms with van der Waals surface area (Å²) in [4.78, 5) is 1.28. The minimum atomic E-state index is 0.741. The van der Waals surface area contributed by atoms with Crippen LogP contribution in [0, 0.1) is 0 Å². The molecule has 2 rings (SSSR count). The molecule has 16 heavy (non-hydrogen) atoms. The Morgan fingerprint density at radius 3 is 2.88 bits per heavy atom. The second-order valence-electron chi connectivity index (χ2n) is 4.26. The number of nitrogens with one attached hydrogen (secondary N) is 1. The Morgan fingerprint density at radius 1 is 1.44 bits per heavy atom. The summed E-state index contributed by atoms with van der Waals surface area (Å²) in [5.74, 6) is 1.16. The zero-order chi connectivity index (χ0) is 11.4. The molecule has 1 N–H and O–H groups in total. The monoisotopic (exact) mass is 255 g/mol. The van der Waals surface area contributed by atoms with E-state index in [2.05, 4.69) is 30.4 Å². The van der Waals surface area contributed by atoms with Crippen LogP contribution < -0.4 is 5.32 Å². The Balaban J connectivity index is 1.92. The van der Waals surface area contributed by atoms with Gasteiger partial charge in [-0.15, -0.1) is 11.8 Å². The molecule has 0 unspecified atom stereocenters. The summed E-state index contributed by atoms with van der Waals surface area (Å²) in [6.07, 6.45) is 3.84. The van der Waals surface area contributed by atoms with Crippen molar-refractivity contribution < 1.29 is 0 Å². The van der Waals surface area contributed by atoms with E-state index in [1.165, 1.54) is 29.7 Å². The lowest BCUT2D eigenvalue weighted by Crippen LogP contribution is -2.15. The minimum Gasteiger partial charge on any atom is -0.310 e. The first-order valence-corrected chi connectivity index (χ1v) is 7.30. The quantitative estimate of drug-likeness (QED) is 0.769. The van der Waals surface area contributed by atoms with Gasteiger partial charge in [0.1, 0.15) is 0 Å². The topological polar surface area (TPSA) is 12.0 Å². The minimum absolute atomic E-state index is 0.741. The van der Waals surface area contributed by atoms with Crippen LogP contribution in [0.25, 0.3) is 0 Å². The van der Waals surface area contributed by atoms with Gasteiger partial charge in [0, 0.05) is 22.5 Å². The third kappa shape index (κ3) is 3.69. The zero-order valence-corrected chi connectivity index (χ0v) is 11.2. The number of thioether (sulfide) groups is 1. The van der Waals surface area contributed by atoms with Crippen molar-refractivity contribution in [2.24, 2.45) is 0 Å². The van der Waals surface area contributed by atoms with Gasteiger partial charge in [-0.3, -0.25) is 0 Å². The number of hydrogen-bond donors (Lipinski definition) is 1. The smallest absolute Gasteiger partial charge is 0.0462 e. The predicted octanol–water partition coefficient (Wildman–Crippen LogP) is 4.09. The number of halogens is 1. The average Bonchev–Trinajstić information content (AvgIpc) is 3.09. The maximum Gasteiger partial charge on any atom is 0.0462 e. The molecule has 0 saturated heterocycles. The molecule has 0 atom stereocenters. The van der Waals surface area contributed by atoms with E-state index >= 15 is 0 Å². The van der Waals surface area contributed by atoms with Crippen LogP contribution in [0.5, 0.6) is 0 Å². The Labute approximate surface area is 107 Å². The molecule has 1 saturated carbocycles. The normalized spacial score (nSPS) is 15.4. The van der Waals surface area contributed by atoms with Crippen LogP contribution in [0.1, 0.15) is 31.7 Å². The summed E-state index contributed by atoms with van der Waals surface area (Å²) in [7, 11) is 0. The van der Waals surface area contributed by atoms with Gasteiger partial charge in [-0.1, -0.05) is 24.6 Å². The van der Waals surface area contributed by atoms with Crippen molar-refractivity contribution >= 4 is 23.4 Å². The number of rotatable bonds is 6. The van der Waals surface area contributed by atoms with E-state index < -0.39 is 0 Å². The summed E-state index contributed by atoms with van der Waals surface area (Å²) < 4.78 is 0. The number of hydrogen-bond acceptors (Lipinski definition) is 2. The van der Waals surface area contributed by atoms with Crippen LogP contribution in [0.15, 0.2) is 23.1 Å². The predicted molar refractivity (Wildman–Crippen MR) is 72.3 cm³/mol. The SMILES string of the molecule is CCCSc1ccc(CNC2CC2)c(Cl)c1. The van der Waals surface area contributed by atoms with Crippen LogP contribution >= 0.6 is 23.4 Å². The molecule has 1 fully saturated rings. The lowest BCUT2D eigenvalue weighted by molar-refractivity contribution is 0.687. The lowest BCUT2D eigenvalue weighted by atomic mass is 10.2. The average molecular weight is 256 g/mol. The summed E-state index contributed by atoms with van der Waals surface area (Å²) in [5.41, 5.74) is 1.22. The van der Waals surface area contributed by atoms with E-state index in [0.29, 0.717) is 0 Å². The van der Waals surface area contributed by atoms with Gasteiger partial charge in [0.2, 0.25) is 0 Å². The van der Waals surface area contributed by atoms with Crippen LogP contribution in [-0.2, 0) is 6.54 Å². The highest BCUT2D eigenvalue weighted by molar-refractivity contribution is 7.99. The van der Waals surface area contributed by atoms with E-state index in [4.69, 9.17) is 11.6 Å². The van der Waals surface area contributed by atoms with Crippen molar-refractivity contribution in [2.45, 2.75) is 43.7 Å². The van der Waals surface area contributed by atoms with E-state index in [9.17, 15) is 0 Å². The summed E-state index contributed by atoms with van der Waals surface area (Å²) >= 11 is 8.13. The Morgan fingerprint density at radius 2 is 2.25 bits per heavy atom. The summed E-state index contributed by atoms with van der Waals surface area (Å²) in [6.45, 7) is 3.10. The van der Waals surface area contributed by atoms with E-state index in [1.807, 2.05) is 11.8 Å². The first kappa shape index (κ1) is 12.3. The first-order chi connectivity index (χ1) is 7.79. The van der Waals surface area contributed by atoms with Crippen LogP contribution in [0.4, 0.5) is 0 Å². The summed E-state index contributed by atoms with van der Waals surface area (Å²) in [5, 5.41) is 4.38. The van der Waals surface area contributed by atoms with Gasteiger partial charge < -0.3 is 5.32 Å². The Bertz CT molecular complexity index is 350. The largest absolute Gasteiger partial charge is 0.310 e. The fourth-order valence-electron chi connectivity index (χ4n) is 1.52. The molecule has 3 heteroatoms. The molecule has 1 aliphatic rings. The van der Waals surface area contributed by atoms with Gasteiger partial charge in [0.05, 0.1) is 0 Å². The van der Waals surface area contributed by atoms with Crippen molar-refractivity contribution in [1.82, 2.24) is 5.32 Å². The highest BCUT2D eigenvalue weighted by Gasteiger charge is 2.20. The number of benzene rings is 1. The van der Waals surface area contributed by atoms with Gasteiger partial charge in [-0.05, 0) is 42.7 Å². The molecular formula is C13H18ClNS. The van der Waals surface area contributed by atoms with Crippen LogP contribution in [0.2, 0.25) is 5.02 Å². The van der Waals surface area contributed by atoms with Gasteiger partial charge in [0.25, 0.3) is 0 Å². The fourth-order valence-corrected chi connectivity index (χ4v) is 2.64. The lowest BCUT2D eigenvalue weighted by Gasteiger charge is -2.07. The van der Waals surface area contributed by atoms with Crippen molar-refractivity contribution in [2.75, 3.05) is 5.75 Å². The molecule has 0 aliphatic heterocycles. The molecule has 1 aliphatic carbocycles. The molecule has 1 nitrogen and oxygen atoms in total. The highest BCUT2D eigenvalue weighted by Crippen LogP contribution is 2.26. The maximum atomic E-state index is 6.26. The zero-order valence-electron chi connectivity index (χ0n) is 9.63. The molecule has 1 aromatic rings. The van der Waals surface area contributed by atoms with Gasteiger partial charge >= 0.3 is 0 Å². The fraction of sp³-hybridized carbons (Fsp3) is 0.538. The molecule has 0 heterocycles. The van der Waals surface area contributed by atoms with Gasteiger partial charge in [0.15, 0.2) is 0 Å². The van der Waals surface area contributed by atoms with Crippen molar-refractivity contribution in [3.05, 3.63) is 28.8 Å². The first-order valence-electron chi connectivity index (χ1n) is 5.94. The Hall–Kier alpha value is -0.180. The van der Waals surface area contributed by atoms with Crippen LogP contribution in [0.3, 0.4) is 0 Å². The van der Waals surface area contributed by atoms with Crippen molar-refractivity contribution in [3.8, 4) is 0 Å². The second-order valence-corrected chi connectivity index (χ2v) is 5.83. The van der Waals surface area contributed by atoms with E-state index in [0.717, 1.165) is 23.4 Å². The van der Waals surface area contributed by atoms with Crippen molar-refractivity contribution in [3.63, 3.8) is 0 Å². The van der Waals surface area contributed by atoms with Crippen molar-refractivity contribution in [1.29, 1.82) is 0 Å². The molecule has 0 amide bonds. The molecule has 0 radical (unpaired) electrons. The van der Waals surface area contributed by atoms with Gasteiger partial charge in [-0.25, -0.2) is 0 Å². The molecule has 0 bridgehead atoms. The highest BCUT2D eigenvalue weighted by atomic mass is 35.5. The Kier molecular flexibility index (Phi) is 4.56. The molecule has 0 spiro atoms.